The zero-order chi connectivity index (χ0) is 12.9. The number of hydrogen-bond donors (Lipinski definition) is 5. The summed E-state index contributed by atoms with van der Waals surface area (Å²) in [5.74, 6) is 0. The van der Waals surface area contributed by atoms with Gasteiger partial charge in [-0.25, -0.2) is 0 Å². The molecule has 0 aromatic carbocycles. The maximum atomic E-state index is 10.2. The average molecular weight is 236 g/mol. The van der Waals surface area contributed by atoms with E-state index in [0.29, 0.717) is 0 Å². The van der Waals surface area contributed by atoms with E-state index in [9.17, 15) is 25.5 Å². The zero-order valence-electron chi connectivity index (χ0n) is 9.88. The molecular formula is C10H20O6. The SMILES string of the molecule is CC(O)[C@H]1OC(O)[C@](C)(O)[C@@](C)(O)[C@]1(C)O. The topological polar surface area (TPSA) is 110 Å². The lowest BCUT2D eigenvalue weighted by molar-refractivity contribution is -0.388. The van der Waals surface area contributed by atoms with E-state index < -0.39 is 35.3 Å². The number of aliphatic hydroxyl groups is 5. The van der Waals surface area contributed by atoms with Gasteiger partial charge in [0, 0.05) is 0 Å². The van der Waals surface area contributed by atoms with Gasteiger partial charge in [-0.15, -0.1) is 0 Å². The quantitative estimate of drug-likeness (QED) is 0.372. The maximum Gasteiger partial charge on any atom is 0.187 e. The molecule has 0 aromatic rings. The summed E-state index contributed by atoms with van der Waals surface area (Å²) in [4.78, 5) is 0. The molecule has 6 atom stereocenters. The van der Waals surface area contributed by atoms with Crippen LogP contribution in [0.5, 0.6) is 0 Å². The van der Waals surface area contributed by atoms with Crippen LogP contribution >= 0.6 is 0 Å². The van der Waals surface area contributed by atoms with Crippen molar-refractivity contribution in [3.05, 3.63) is 0 Å². The van der Waals surface area contributed by atoms with E-state index >= 15 is 0 Å². The van der Waals surface area contributed by atoms with E-state index in [4.69, 9.17) is 4.74 Å². The second kappa shape index (κ2) is 3.63. The highest BCUT2D eigenvalue weighted by Crippen LogP contribution is 2.44. The first-order chi connectivity index (χ1) is 6.96. The summed E-state index contributed by atoms with van der Waals surface area (Å²) in [5, 5.41) is 49.3. The molecule has 0 aromatic heterocycles. The van der Waals surface area contributed by atoms with Crippen LogP contribution in [0, 0.1) is 0 Å². The van der Waals surface area contributed by atoms with Crippen LogP contribution in [0.3, 0.4) is 0 Å². The Morgan fingerprint density at radius 3 is 1.88 bits per heavy atom. The second-order valence-corrected chi connectivity index (χ2v) is 5.02. The summed E-state index contributed by atoms with van der Waals surface area (Å²) in [6.45, 7) is 4.95. The molecule has 1 aliphatic rings. The Hall–Kier alpha value is -0.240. The number of rotatable bonds is 1. The first-order valence-corrected chi connectivity index (χ1v) is 5.15. The molecule has 0 radical (unpaired) electrons. The molecule has 1 saturated heterocycles. The summed E-state index contributed by atoms with van der Waals surface area (Å²) >= 11 is 0. The predicted molar refractivity (Wildman–Crippen MR) is 54.4 cm³/mol. The minimum atomic E-state index is -2.04. The molecule has 1 aliphatic heterocycles. The summed E-state index contributed by atoms with van der Waals surface area (Å²) < 4.78 is 4.96. The van der Waals surface area contributed by atoms with E-state index in [-0.39, 0.29) is 0 Å². The van der Waals surface area contributed by atoms with Gasteiger partial charge in [-0.3, -0.25) is 0 Å². The molecule has 6 heteroatoms. The summed E-state index contributed by atoms with van der Waals surface area (Å²) in [5.41, 5.74) is -5.97. The van der Waals surface area contributed by atoms with Crippen LogP contribution < -0.4 is 0 Å². The molecule has 1 fully saturated rings. The number of ether oxygens (including phenoxy) is 1. The highest BCUT2D eigenvalue weighted by atomic mass is 16.6. The van der Waals surface area contributed by atoms with Crippen molar-refractivity contribution in [2.24, 2.45) is 0 Å². The molecule has 0 bridgehead atoms. The van der Waals surface area contributed by atoms with Gasteiger partial charge in [0.25, 0.3) is 0 Å². The fourth-order valence-corrected chi connectivity index (χ4v) is 2.02. The van der Waals surface area contributed by atoms with Crippen LogP contribution in [-0.2, 0) is 4.74 Å². The average Bonchev–Trinajstić information content (AvgIpc) is 2.10. The molecule has 2 unspecified atom stereocenters. The lowest BCUT2D eigenvalue weighted by Crippen LogP contribution is -2.78. The number of hydrogen-bond acceptors (Lipinski definition) is 6. The van der Waals surface area contributed by atoms with Crippen LogP contribution in [0.4, 0.5) is 0 Å². The molecule has 1 rings (SSSR count). The normalized spacial score (nSPS) is 56.1. The first kappa shape index (κ1) is 13.8. The Morgan fingerprint density at radius 1 is 1.06 bits per heavy atom. The zero-order valence-corrected chi connectivity index (χ0v) is 9.88. The third kappa shape index (κ3) is 1.57. The Kier molecular flexibility index (Phi) is 3.13. The highest BCUT2D eigenvalue weighted by molar-refractivity contribution is 5.14. The largest absolute Gasteiger partial charge is 0.391 e. The van der Waals surface area contributed by atoms with E-state index in [1.165, 1.54) is 20.8 Å². The smallest absolute Gasteiger partial charge is 0.187 e. The van der Waals surface area contributed by atoms with Crippen LogP contribution in [-0.4, -0.2) is 60.8 Å². The maximum absolute atomic E-state index is 10.2. The van der Waals surface area contributed by atoms with Gasteiger partial charge in [-0.2, -0.15) is 0 Å². The Bertz CT molecular complexity index is 270. The molecule has 0 spiro atoms. The van der Waals surface area contributed by atoms with Gasteiger partial charge < -0.3 is 30.3 Å². The summed E-state index contributed by atoms with van der Waals surface area (Å²) in [6, 6.07) is 0. The van der Waals surface area contributed by atoms with Crippen LogP contribution in [0.2, 0.25) is 0 Å². The van der Waals surface area contributed by atoms with E-state index in [1.807, 2.05) is 0 Å². The van der Waals surface area contributed by atoms with Gasteiger partial charge in [-0.1, -0.05) is 0 Å². The molecule has 16 heavy (non-hydrogen) atoms. The highest BCUT2D eigenvalue weighted by Gasteiger charge is 2.66. The lowest BCUT2D eigenvalue weighted by atomic mass is 9.67. The van der Waals surface area contributed by atoms with Crippen molar-refractivity contribution in [3.63, 3.8) is 0 Å². The minimum Gasteiger partial charge on any atom is -0.391 e. The molecule has 0 amide bonds. The molecule has 5 N–H and O–H groups in total. The standard InChI is InChI=1S/C10H20O6/c1-5(11)6-8(2,13)10(4,15)9(3,14)7(12)16-6/h5-7,11-15H,1-4H3/t5?,6-,7?,8-,9+,10+/m1/s1. The van der Waals surface area contributed by atoms with Crippen molar-refractivity contribution in [1.82, 2.24) is 0 Å². The minimum absolute atomic E-state index is 1.10. The molecule has 1 heterocycles. The number of aliphatic hydroxyl groups excluding tert-OH is 2. The van der Waals surface area contributed by atoms with Gasteiger partial charge in [0.2, 0.25) is 0 Å². The van der Waals surface area contributed by atoms with Crippen molar-refractivity contribution >= 4 is 0 Å². The summed E-state index contributed by atoms with van der Waals surface area (Å²) in [7, 11) is 0. The van der Waals surface area contributed by atoms with Crippen molar-refractivity contribution in [3.8, 4) is 0 Å². The molecule has 6 nitrogen and oxygen atoms in total. The monoisotopic (exact) mass is 236 g/mol. The molecular weight excluding hydrogens is 216 g/mol. The Labute approximate surface area is 94.1 Å². The van der Waals surface area contributed by atoms with Crippen molar-refractivity contribution in [1.29, 1.82) is 0 Å². The van der Waals surface area contributed by atoms with Gasteiger partial charge >= 0.3 is 0 Å². The fourth-order valence-electron chi connectivity index (χ4n) is 2.02. The van der Waals surface area contributed by atoms with E-state index in [1.54, 1.807) is 0 Å². The second-order valence-electron chi connectivity index (χ2n) is 5.02. The molecule has 0 saturated carbocycles. The molecule has 0 aliphatic carbocycles. The first-order valence-electron chi connectivity index (χ1n) is 5.15. The van der Waals surface area contributed by atoms with Crippen LogP contribution in [0.25, 0.3) is 0 Å². The van der Waals surface area contributed by atoms with Crippen molar-refractivity contribution in [2.75, 3.05) is 0 Å². The predicted octanol–water partition coefficient (Wildman–Crippen LogP) is -1.66. The fraction of sp³-hybridized carbons (Fsp3) is 1.00. The summed E-state index contributed by atoms with van der Waals surface area (Å²) in [6.07, 6.45) is -3.99. The van der Waals surface area contributed by atoms with Gasteiger partial charge in [0.1, 0.15) is 22.9 Å². The van der Waals surface area contributed by atoms with Crippen LogP contribution in [0.1, 0.15) is 27.7 Å². The van der Waals surface area contributed by atoms with Gasteiger partial charge in [0.05, 0.1) is 6.10 Å². The Balaban J connectivity index is 3.21. The van der Waals surface area contributed by atoms with E-state index in [2.05, 4.69) is 0 Å². The van der Waals surface area contributed by atoms with Crippen LogP contribution in [0.15, 0.2) is 0 Å². The third-order valence-electron chi connectivity index (χ3n) is 3.72. The van der Waals surface area contributed by atoms with Gasteiger partial charge in [-0.05, 0) is 27.7 Å². The van der Waals surface area contributed by atoms with Crippen molar-refractivity contribution < 1.29 is 30.3 Å². The van der Waals surface area contributed by atoms with E-state index in [0.717, 1.165) is 6.92 Å². The third-order valence-corrected chi connectivity index (χ3v) is 3.72. The van der Waals surface area contributed by atoms with Gasteiger partial charge in [0.15, 0.2) is 6.29 Å². The Morgan fingerprint density at radius 2 is 1.50 bits per heavy atom. The lowest BCUT2D eigenvalue weighted by Gasteiger charge is -2.57. The molecule has 96 valence electrons. The van der Waals surface area contributed by atoms with Crippen molar-refractivity contribution in [2.45, 2.75) is 63.0 Å².